The normalized spacial score (nSPS) is 10.3. The van der Waals surface area contributed by atoms with Crippen LogP contribution in [0.2, 0.25) is 0 Å². The predicted molar refractivity (Wildman–Crippen MR) is 93.7 cm³/mol. The van der Waals surface area contributed by atoms with Crippen molar-refractivity contribution in [2.45, 2.75) is 26.2 Å². The number of carbonyl (C=O) groups is 1. The van der Waals surface area contributed by atoms with Crippen molar-refractivity contribution in [1.82, 2.24) is 4.90 Å². The fourth-order valence-electron chi connectivity index (χ4n) is 2.57. The van der Waals surface area contributed by atoms with Crippen molar-refractivity contribution < 1.29 is 9.53 Å². The summed E-state index contributed by atoms with van der Waals surface area (Å²) in [7, 11) is 1.66. The standard InChI is InChI=1S/C20H25NO2/c1-3-21(16-15-17-7-5-4-6-8-17)20(22)14-11-18-9-12-19(23-2)13-10-18/h4-10,12-13H,3,11,14-16H2,1-2H3. The summed E-state index contributed by atoms with van der Waals surface area (Å²) >= 11 is 0. The summed E-state index contributed by atoms with van der Waals surface area (Å²) in [6.45, 7) is 3.58. The minimum Gasteiger partial charge on any atom is -0.497 e. The Labute approximate surface area is 138 Å². The average Bonchev–Trinajstić information content (AvgIpc) is 2.61. The van der Waals surface area contributed by atoms with Crippen LogP contribution in [-0.4, -0.2) is 31.0 Å². The second-order valence-electron chi connectivity index (χ2n) is 5.56. The fourth-order valence-corrected chi connectivity index (χ4v) is 2.57. The molecular formula is C20H25NO2. The maximum Gasteiger partial charge on any atom is 0.222 e. The monoisotopic (exact) mass is 311 g/mol. The molecule has 0 aliphatic rings. The zero-order chi connectivity index (χ0) is 16.5. The summed E-state index contributed by atoms with van der Waals surface area (Å²) in [4.78, 5) is 14.3. The Hall–Kier alpha value is -2.29. The molecule has 0 fully saturated rings. The lowest BCUT2D eigenvalue weighted by atomic mass is 10.1. The van der Waals surface area contributed by atoms with E-state index < -0.39 is 0 Å². The van der Waals surface area contributed by atoms with Gasteiger partial charge in [0.1, 0.15) is 5.75 Å². The number of amides is 1. The lowest BCUT2D eigenvalue weighted by molar-refractivity contribution is -0.130. The number of ether oxygens (including phenoxy) is 1. The molecule has 0 aliphatic carbocycles. The van der Waals surface area contributed by atoms with Crippen molar-refractivity contribution in [3.05, 3.63) is 65.7 Å². The first-order valence-corrected chi connectivity index (χ1v) is 8.17. The largest absolute Gasteiger partial charge is 0.497 e. The van der Waals surface area contributed by atoms with Crippen molar-refractivity contribution in [3.8, 4) is 5.75 Å². The quantitative estimate of drug-likeness (QED) is 0.743. The highest BCUT2D eigenvalue weighted by atomic mass is 16.5. The summed E-state index contributed by atoms with van der Waals surface area (Å²) in [6.07, 6.45) is 2.22. The van der Waals surface area contributed by atoms with Crippen LogP contribution in [0.15, 0.2) is 54.6 Å². The Morgan fingerprint density at radius 1 is 0.957 bits per heavy atom. The third-order valence-corrected chi connectivity index (χ3v) is 4.03. The van der Waals surface area contributed by atoms with Gasteiger partial charge in [-0.25, -0.2) is 0 Å². The van der Waals surface area contributed by atoms with E-state index in [1.54, 1.807) is 7.11 Å². The second-order valence-corrected chi connectivity index (χ2v) is 5.56. The van der Waals surface area contributed by atoms with E-state index in [2.05, 4.69) is 12.1 Å². The highest BCUT2D eigenvalue weighted by Gasteiger charge is 2.11. The zero-order valence-electron chi connectivity index (χ0n) is 14.0. The molecule has 0 saturated carbocycles. The van der Waals surface area contributed by atoms with Gasteiger partial charge in [-0.3, -0.25) is 4.79 Å². The molecule has 0 atom stereocenters. The molecule has 0 heterocycles. The molecule has 0 aromatic heterocycles. The van der Waals surface area contributed by atoms with Crippen molar-refractivity contribution in [2.24, 2.45) is 0 Å². The molecule has 0 unspecified atom stereocenters. The molecule has 0 spiro atoms. The van der Waals surface area contributed by atoms with Gasteiger partial charge < -0.3 is 9.64 Å². The van der Waals surface area contributed by atoms with Crippen LogP contribution in [-0.2, 0) is 17.6 Å². The highest BCUT2D eigenvalue weighted by molar-refractivity contribution is 5.76. The number of nitrogens with zero attached hydrogens (tertiary/aromatic N) is 1. The molecule has 0 saturated heterocycles. The zero-order valence-corrected chi connectivity index (χ0v) is 14.0. The van der Waals surface area contributed by atoms with Crippen molar-refractivity contribution >= 4 is 5.91 Å². The molecule has 1 amide bonds. The third kappa shape index (κ3) is 5.44. The van der Waals surface area contributed by atoms with E-state index in [0.717, 1.165) is 31.7 Å². The van der Waals surface area contributed by atoms with Crippen LogP contribution in [0.3, 0.4) is 0 Å². The summed E-state index contributed by atoms with van der Waals surface area (Å²) < 4.78 is 5.15. The second kappa shape index (κ2) is 8.99. The Kier molecular flexibility index (Phi) is 6.67. The van der Waals surface area contributed by atoms with Crippen LogP contribution in [0, 0.1) is 0 Å². The van der Waals surface area contributed by atoms with E-state index in [-0.39, 0.29) is 5.91 Å². The molecule has 2 aromatic carbocycles. The first-order chi connectivity index (χ1) is 11.2. The molecule has 3 nitrogen and oxygen atoms in total. The number of carbonyl (C=O) groups excluding carboxylic acids is 1. The number of hydrogen-bond acceptors (Lipinski definition) is 2. The number of likely N-dealkylation sites (N-methyl/N-ethyl adjacent to an activating group) is 1. The smallest absolute Gasteiger partial charge is 0.222 e. The molecule has 0 aliphatic heterocycles. The Balaban J connectivity index is 1.81. The van der Waals surface area contributed by atoms with Crippen LogP contribution in [0.25, 0.3) is 0 Å². The number of methoxy groups -OCH3 is 1. The fraction of sp³-hybridized carbons (Fsp3) is 0.350. The average molecular weight is 311 g/mol. The molecule has 122 valence electrons. The van der Waals surface area contributed by atoms with E-state index >= 15 is 0 Å². The van der Waals surface area contributed by atoms with Crippen LogP contribution in [0.4, 0.5) is 0 Å². The highest BCUT2D eigenvalue weighted by Crippen LogP contribution is 2.13. The molecule has 0 radical (unpaired) electrons. The number of rotatable bonds is 8. The van der Waals surface area contributed by atoms with Gasteiger partial charge in [-0.2, -0.15) is 0 Å². The predicted octanol–water partition coefficient (Wildman–Crippen LogP) is 3.72. The van der Waals surface area contributed by atoms with Gasteiger partial charge in [-0.1, -0.05) is 42.5 Å². The van der Waals surface area contributed by atoms with E-state index in [0.29, 0.717) is 6.42 Å². The first kappa shape index (κ1) is 17.1. The Morgan fingerprint density at radius 3 is 2.22 bits per heavy atom. The van der Waals surface area contributed by atoms with Crippen LogP contribution in [0.5, 0.6) is 5.75 Å². The van der Waals surface area contributed by atoms with E-state index in [1.165, 1.54) is 11.1 Å². The number of benzene rings is 2. The number of hydrogen-bond donors (Lipinski definition) is 0. The van der Waals surface area contributed by atoms with Gasteiger partial charge in [-0.05, 0) is 43.0 Å². The van der Waals surface area contributed by atoms with Gasteiger partial charge in [0.15, 0.2) is 0 Å². The lowest BCUT2D eigenvalue weighted by Crippen LogP contribution is -2.32. The minimum atomic E-state index is 0.222. The van der Waals surface area contributed by atoms with Crippen LogP contribution in [0.1, 0.15) is 24.5 Å². The maximum atomic E-state index is 12.4. The summed E-state index contributed by atoms with van der Waals surface area (Å²) in [5, 5.41) is 0. The van der Waals surface area contributed by atoms with Crippen molar-refractivity contribution in [3.63, 3.8) is 0 Å². The van der Waals surface area contributed by atoms with E-state index in [9.17, 15) is 4.79 Å². The third-order valence-electron chi connectivity index (χ3n) is 4.03. The van der Waals surface area contributed by atoms with Crippen molar-refractivity contribution in [2.75, 3.05) is 20.2 Å². The van der Waals surface area contributed by atoms with Gasteiger partial charge in [0.2, 0.25) is 5.91 Å². The van der Waals surface area contributed by atoms with Gasteiger partial charge in [0.25, 0.3) is 0 Å². The van der Waals surface area contributed by atoms with Crippen LogP contribution >= 0.6 is 0 Å². The summed E-state index contributed by atoms with van der Waals surface area (Å²) in [6, 6.07) is 18.2. The summed E-state index contributed by atoms with van der Waals surface area (Å²) in [5.41, 5.74) is 2.44. The molecule has 23 heavy (non-hydrogen) atoms. The topological polar surface area (TPSA) is 29.5 Å². The molecule has 0 bridgehead atoms. The number of aryl methyl sites for hydroxylation is 1. The lowest BCUT2D eigenvalue weighted by Gasteiger charge is -2.21. The molecule has 3 heteroatoms. The Morgan fingerprint density at radius 2 is 1.61 bits per heavy atom. The van der Waals surface area contributed by atoms with Gasteiger partial charge >= 0.3 is 0 Å². The SMILES string of the molecule is CCN(CCc1ccccc1)C(=O)CCc1ccc(OC)cc1. The Bertz CT molecular complexity index is 593. The van der Waals surface area contributed by atoms with Gasteiger partial charge in [-0.15, -0.1) is 0 Å². The minimum absolute atomic E-state index is 0.222. The first-order valence-electron chi connectivity index (χ1n) is 8.17. The molecular weight excluding hydrogens is 286 g/mol. The molecule has 2 rings (SSSR count). The van der Waals surface area contributed by atoms with Crippen molar-refractivity contribution in [1.29, 1.82) is 0 Å². The van der Waals surface area contributed by atoms with Gasteiger partial charge in [0.05, 0.1) is 7.11 Å². The maximum absolute atomic E-state index is 12.4. The summed E-state index contributed by atoms with van der Waals surface area (Å²) in [5.74, 6) is 1.07. The molecule has 0 N–H and O–H groups in total. The van der Waals surface area contributed by atoms with E-state index in [4.69, 9.17) is 4.74 Å². The van der Waals surface area contributed by atoms with Crippen LogP contribution < -0.4 is 4.74 Å². The van der Waals surface area contributed by atoms with Gasteiger partial charge in [0, 0.05) is 19.5 Å². The van der Waals surface area contributed by atoms with E-state index in [1.807, 2.05) is 54.3 Å². The molecule has 2 aromatic rings.